The number of rotatable bonds is 6. The van der Waals surface area contributed by atoms with Crippen LogP contribution < -0.4 is 5.43 Å². The van der Waals surface area contributed by atoms with E-state index < -0.39 is 5.97 Å². The number of amidine groups is 1. The minimum atomic E-state index is -1.12. The van der Waals surface area contributed by atoms with E-state index >= 15 is 0 Å². The average Bonchev–Trinajstić information content (AvgIpc) is 2.87. The van der Waals surface area contributed by atoms with Crippen molar-refractivity contribution in [1.82, 2.24) is 5.43 Å². The van der Waals surface area contributed by atoms with Gasteiger partial charge < -0.3 is 9.84 Å². The predicted octanol–water partition coefficient (Wildman–Crippen LogP) is 4.05. The molecule has 0 unspecified atom stereocenters. The number of carbonyl (C=O) groups is 1. The lowest BCUT2D eigenvalue weighted by Crippen LogP contribution is -2.25. The van der Waals surface area contributed by atoms with Crippen molar-refractivity contribution in [2.24, 2.45) is 15.1 Å². The first-order valence-electron chi connectivity index (χ1n) is 8.71. The van der Waals surface area contributed by atoms with Crippen LogP contribution in [0.15, 0.2) is 62.0 Å². The molecular weight excluding hydrogens is 460 g/mol. The second-order valence-corrected chi connectivity index (χ2v) is 7.41. The summed E-state index contributed by atoms with van der Waals surface area (Å²) in [5, 5.41) is 13.8. The molecule has 150 valence electrons. The summed E-state index contributed by atoms with van der Waals surface area (Å²) >= 11 is 9.88. The highest BCUT2D eigenvalue weighted by Crippen LogP contribution is 2.30. The fraction of sp³-hybridized carbons (Fsp3) is 0.200. The number of carboxylic acid groups (broad SMARTS) is 1. The number of hydrazone groups is 1. The Morgan fingerprint density at radius 3 is 2.83 bits per heavy atom. The van der Waals surface area contributed by atoms with Gasteiger partial charge in [0, 0.05) is 34.2 Å². The normalized spacial score (nSPS) is 13.8. The van der Waals surface area contributed by atoms with Gasteiger partial charge in [0.15, 0.2) is 0 Å². The van der Waals surface area contributed by atoms with E-state index in [1.54, 1.807) is 6.07 Å². The van der Waals surface area contributed by atoms with Crippen molar-refractivity contribution in [3.63, 3.8) is 0 Å². The zero-order valence-corrected chi connectivity index (χ0v) is 17.9. The Morgan fingerprint density at radius 2 is 2.10 bits per heavy atom. The Hall–Kier alpha value is -2.55. The zero-order chi connectivity index (χ0) is 20.8. The minimum absolute atomic E-state index is 0.0508. The maximum Gasteiger partial charge on any atom is 0.352 e. The number of hydrogen-bond acceptors (Lipinski definition) is 6. The summed E-state index contributed by atoms with van der Waals surface area (Å²) in [5.41, 5.74) is 5.68. The molecular formula is C20H18BrClN4O3. The predicted molar refractivity (Wildman–Crippen MR) is 118 cm³/mol. The summed E-state index contributed by atoms with van der Waals surface area (Å²) in [6.45, 7) is 0.443. The highest BCUT2D eigenvalue weighted by molar-refractivity contribution is 9.10. The van der Waals surface area contributed by atoms with Crippen LogP contribution in [0.1, 0.15) is 17.5 Å². The molecule has 0 aromatic heterocycles. The van der Waals surface area contributed by atoms with E-state index in [0.717, 1.165) is 15.6 Å². The molecule has 0 atom stereocenters. The van der Waals surface area contributed by atoms with Crippen LogP contribution in [-0.4, -0.2) is 48.6 Å². The van der Waals surface area contributed by atoms with Gasteiger partial charge >= 0.3 is 5.97 Å². The summed E-state index contributed by atoms with van der Waals surface area (Å²) in [7, 11) is 1.50. The third kappa shape index (κ3) is 5.29. The average molecular weight is 478 g/mol. The molecule has 0 amide bonds. The molecule has 9 heteroatoms. The Kier molecular flexibility index (Phi) is 7.13. The van der Waals surface area contributed by atoms with Gasteiger partial charge in [-0.15, -0.1) is 0 Å². The van der Waals surface area contributed by atoms with E-state index in [2.05, 4.69) is 36.4 Å². The van der Waals surface area contributed by atoms with E-state index in [9.17, 15) is 9.90 Å². The van der Waals surface area contributed by atoms with Crippen LogP contribution in [0.5, 0.6) is 0 Å². The van der Waals surface area contributed by atoms with E-state index in [1.807, 2.05) is 36.4 Å². The first-order valence-corrected chi connectivity index (χ1v) is 9.88. The van der Waals surface area contributed by atoms with Gasteiger partial charge in [-0.25, -0.2) is 9.79 Å². The van der Waals surface area contributed by atoms with Crippen molar-refractivity contribution in [2.45, 2.75) is 6.42 Å². The van der Waals surface area contributed by atoms with Gasteiger partial charge in [-0.2, -0.15) is 5.10 Å². The summed E-state index contributed by atoms with van der Waals surface area (Å²) in [6.07, 6.45) is 0.170. The number of nitrogens with zero attached hydrogens (tertiary/aromatic N) is 3. The van der Waals surface area contributed by atoms with E-state index in [-0.39, 0.29) is 25.3 Å². The monoisotopic (exact) mass is 476 g/mol. The number of aliphatic imine (C=N–C) groups is 2. The van der Waals surface area contributed by atoms with Gasteiger partial charge in [-0.1, -0.05) is 45.7 Å². The topological polar surface area (TPSA) is 95.6 Å². The van der Waals surface area contributed by atoms with Crippen molar-refractivity contribution in [3.8, 4) is 0 Å². The third-order valence-electron chi connectivity index (χ3n) is 4.09. The van der Waals surface area contributed by atoms with Crippen molar-refractivity contribution in [2.75, 3.05) is 20.3 Å². The van der Waals surface area contributed by atoms with Crippen LogP contribution >= 0.6 is 27.5 Å². The molecule has 0 saturated heterocycles. The van der Waals surface area contributed by atoms with Crippen LogP contribution in [0.3, 0.4) is 0 Å². The number of ether oxygens (including phenoxy) is 1. The van der Waals surface area contributed by atoms with E-state index in [1.165, 1.54) is 7.11 Å². The first-order chi connectivity index (χ1) is 14.0. The second kappa shape index (κ2) is 9.78. The quantitative estimate of drug-likeness (QED) is 0.485. The molecule has 29 heavy (non-hydrogen) atoms. The minimum Gasteiger partial charge on any atom is -0.477 e. The summed E-state index contributed by atoms with van der Waals surface area (Å²) in [5.74, 6) is -0.694. The SMILES string of the molecule is COCC/C(=N/NC1=Nc2ccc(Br)cc2C(c2ccccc2Cl)=NC1)C(=O)O. The Bertz CT molecular complexity index is 1020. The van der Waals surface area contributed by atoms with Crippen LogP contribution in [0, 0.1) is 0 Å². The summed E-state index contributed by atoms with van der Waals surface area (Å²) < 4.78 is 5.81. The molecule has 0 bridgehead atoms. The molecule has 0 spiro atoms. The number of aliphatic carboxylic acids is 1. The number of fused-ring (bicyclic) bond motifs is 1. The number of nitrogens with one attached hydrogen (secondary N) is 1. The van der Waals surface area contributed by atoms with Crippen molar-refractivity contribution < 1.29 is 14.6 Å². The number of carboxylic acids is 1. The Morgan fingerprint density at radius 1 is 1.31 bits per heavy atom. The van der Waals surface area contributed by atoms with E-state index in [0.29, 0.717) is 22.3 Å². The van der Waals surface area contributed by atoms with Gasteiger partial charge in [0.2, 0.25) is 0 Å². The molecule has 2 aromatic rings. The lowest BCUT2D eigenvalue weighted by molar-refractivity contribution is -0.129. The second-order valence-electron chi connectivity index (χ2n) is 6.08. The summed E-state index contributed by atoms with van der Waals surface area (Å²) in [6, 6.07) is 13.1. The standard InChI is InChI=1S/C20H18BrClN4O3/c1-29-9-8-17(20(27)28)25-26-18-11-23-19(13-4-2-3-5-15(13)22)14-10-12(21)6-7-16(14)24-18/h2-7,10H,8-9,11H2,1H3,(H,24,26)(H,27,28)/b25-17-. The fourth-order valence-electron chi connectivity index (χ4n) is 2.70. The van der Waals surface area contributed by atoms with Crippen LogP contribution in [0.2, 0.25) is 5.02 Å². The molecule has 0 fully saturated rings. The van der Waals surface area contributed by atoms with Gasteiger partial charge in [-0.3, -0.25) is 10.4 Å². The molecule has 0 radical (unpaired) electrons. The number of hydrogen-bond donors (Lipinski definition) is 2. The maximum absolute atomic E-state index is 11.3. The van der Waals surface area contributed by atoms with Gasteiger partial charge in [0.25, 0.3) is 0 Å². The first kappa shape index (κ1) is 21.2. The number of benzene rings is 2. The Labute approximate surface area is 181 Å². The highest BCUT2D eigenvalue weighted by atomic mass is 79.9. The fourth-order valence-corrected chi connectivity index (χ4v) is 3.29. The van der Waals surface area contributed by atoms with Crippen molar-refractivity contribution in [1.29, 1.82) is 0 Å². The smallest absolute Gasteiger partial charge is 0.352 e. The van der Waals surface area contributed by atoms with Gasteiger partial charge in [-0.05, 0) is 24.3 Å². The largest absolute Gasteiger partial charge is 0.477 e. The molecule has 0 aliphatic carbocycles. The highest BCUT2D eigenvalue weighted by Gasteiger charge is 2.19. The molecule has 1 aliphatic rings. The van der Waals surface area contributed by atoms with Crippen molar-refractivity contribution >= 4 is 56.4 Å². The Balaban J connectivity index is 1.98. The van der Waals surface area contributed by atoms with Gasteiger partial charge in [0.05, 0.1) is 24.6 Å². The molecule has 1 heterocycles. The molecule has 0 saturated carbocycles. The molecule has 2 aromatic carbocycles. The van der Waals surface area contributed by atoms with Crippen LogP contribution in [0.4, 0.5) is 5.69 Å². The lowest BCUT2D eigenvalue weighted by Gasteiger charge is -2.10. The van der Waals surface area contributed by atoms with Crippen LogP contribution in [0.25, 0.3) is 0 Å². The number of halogens is 2. The molecule has 2 N–H and O–H groups in total. The van der Waals surface area contributed by atoms with E-state index in [4.69, 9.17) is 16.3 Å². The third-order valence-corrected chi connectivity index (χ3v) is 4.92. The number of methoxy groups -OCH3 is 1. The maximum atomic E-state index is 11.3. The van der Waals surface area contributed by atoms with Gasteiger partial charge in [0.1, 0.15) is 11.5 Å². The molecule has 1 aliphatic heterocycles. The zero-order valence-electron chi connectivity index (χ0n) is 15.5. The van der Waals surface area contributed by atoms with Crippen molar-refractivity contribution in [3.05, 3.63) is 63.1 Å². The summed E-state index contributed by atoms with van der Waals surface area (Å²) in [4.78, 5) is 20.6. The molecule has 7 nitrogen and oxygen atoms in total. The molecule has 3 rings (SSSR count). The van der Waals surface area contributed by atoms with Crippen LogP contribution in [-0.2, 0) is 9.53 Å². The lowest BCUT2D eigenvalue weighted by atomic mass is 10.0.